The van der Waals surface area contributed by atoms with Gasteiger partial charge in [0, 0.05) is 12.3 Å². The molecule has 0 amide bonds. The standard InChI is InChI=1S/C12H8N2O2S/c15-11(16)6-5-8-7-14-9-3-1-2-4-10(9)17-12(14)13-8/h1-7H,(H,15,16)/b6-5+. The Labute approximate surface area is 100 Å². The van der Waals surface area contributed by atoms with Gasteiger partial charge in [-0.1, -0.05) is 23.5 Å². The van der Waals surface area contributed by atoms with Crippen molar-refractivity contribution in [2.24, 2.45) is 0 Å². The van der Waals surface area contributed by atoms with Crippen LogP contribution in [-0.4, -0.2) is 20.5 Å². The minimum atomic E-state index is -0.966. The van der Waals surface area contributed by atoms with Crippen molar-refractivity contribution in [3.63, 3.8) is 0 Å². The maximum atomic E-state index is 10.4. The molecule has 0 aliphatic rings. The van der Waals surface area contributed by atoms with Crippen molar-refractivity contribution in [2.75, 3.05) is 0 Å². The zero-order valence-electron chi connectivity index (χ0n) is 8.70. The van der Waals surface area contributed by atoms with Crippen LogP contribution in [0.25, 0.3) is 21.3 Å². The molecule has 0 saturated heterocycles. The second-order valence-corrected chi connectivity index (χ2v) is 4.57. The molecule has 4 nitrogen and oxygen atoms in total. The van der Waals surface area contributed by atoms with Crippen LogP contribution >= 0.6 is 11.3 Å². The van der Waals surface area contributed by atoms with E-state index in [9.17, 15) is 4.79 Å². The molecule has 0 aliphatic carbocycles. The Morgan fingerprint density at radius 1 is 1.41 bits per heavy atom. The second kappa shape index (κ2) is 3.71. The first kappa shape index (κ1) is 10.0. The summed E-state index contributed by atoms with van der Waals surface area (Å²) in [6, 6.07) is 8.03. The fourth-order valence-electron chi connectivity index (χ4n) is 1.70. The summed E-state index contributed by atoms with van der Waals surface area (Å²) in [5.41, 5.74) is 1.75. The fourth-order valence-corrected chi connectivity index (χ4v) is 2.72. The number of aromatic nitrogens is 2. The summed E-state index contributed by atoms with van der Waals surface area (Å²) in [5, 5.41) is 8.55. The van der Waals surface area contributed by atoms with Gasteiger partial charge in [0.15, 0.2) is 4.96 Å². The number of aliphatic carboxylic acids is 1. The molecule has 0 atom stereocenters. The zero-order valence-corrected chi connectivity index (χ0v) is 9.52. The predicted molar refractivity (Wildman–Crippen MR) is 67.2 cm³/mol. The van der Waals surface area contributed by atoms with Crippen LogP contribution in [0.15, 0.2) is 36.5 Å². The Morgan fingerprint density at radius 3 is 3.06 bits per heavy atom. The third-order valence-electron chi connectivity index (χ3n) is 2.41. The van der Waals surface area contributed by atoms with E-state index in [1.807, 2.05) is 34.9 Å². The first-order chi connectivity index (χ1) is 8.24. The van der Waals surface area contributed by atoms with Gasteiger partial charge in [0.25, 0.3) is 0 Å². The molecule has 0 unspecified atom stereocenters. The fraction of sp³-hybridized carbons (Fsp3) is 0. The first-order valence-electron chi connectivity index (χ1n) is 5.02. The molecule has 0 fully saturated rings. The Kier molecular flexibility index (Phi) is 2.19. The third kappa shape index (κ3) is 1.70. The summed E-state index contributed by atoms with van der Waals surface area (Å²) in [7, 11) is 0. The van der Waals surface area contributed by atoms with E-state index in [2.05, 4.69) is 4.98 Å². The molecule has 0 spiro atoms. The number of carbonyl (C=O) groups is 1. The summed E-state index contributed by atoms with van der Waals surface area (Å²) in [4.78, 5) is 15.6. The molecule has 2 aromatic heterocycles. The van der Waals surface area contributed by atoms with Crippen molar-refractivity contribution in [3.05, 3.63) is 42.2 Å². The number of rotatable bonds is 2. The lowest BCUT2D eigenvalue weighted by atomic mass is 10.3. The van der Waals surface area contributed by atoms with Gasteiger partial charge in [-0.2, -0.15) is 0 Å². The van der Waals surface area contributed by atoms with Gasteiger partial charge in [0.1, 0.15) is 0 Å². The monoisotopic (exact) mass is 244 g/mol. The van der Waals surface area contributed by atoms with Gasteiger partial charge >= 0.3 is 5.97 Å². The molecule has 0 saturated carbocycles. The maximum absolute atomic E-state index is 10.4. The molecule has 1 aromatic carbocycles. The van der Waals surface area contributed by atoms with E-state index in [4.69, 9.17) is 5.11 Å². The van der Waals surface area contributed by atoms with E-state index in [1.54, 1.807) is 11.3 Å². The lowest BCUT2D eigenvalue weighted by Gasteiger charge is -1.88. The summed E-state index contributed by atoms with van der Waals surface area (Å²) < 4.78 is 3.14. The van der Waals surface area contributed by atoms with E-state index in [0.29, 0.717) is 5.69 Å². The second-order valence-electron chi connectivity index (χ2n) is 3.56. The molecule has 0 bridgehead atoms. The van der Waals surface area contributed by atoms with Gasteiger partial charge in [-0.05, 0) is 18.2 Å². The number of benzene rings is 1. The van der Waals surface area contributed by atoms with Crippen molar-refractivity contribution in [1.29, 1.82) is 0 Å². The SMILES string of the molecule is O=C(O)/C=C/c1cn2c(n1)sc1ccccc12. The number of hydrogen-bond donors (Lipinski definition) is 1. The number of para-hydroxylation sites is 1. The average Bonchev–Trinajstić information content (AvgIpc) is 2.83. The van der Waals surface area contributed by atoms with Crippen LogP contribution < -0.4 is 0 Å². The molecule has 17 heavy (non-hydrogen) atoms. The predicted octanol–water partition coefficient (Wildman–Crippen LogP) is 2.65. The van der Waals surface area contributed by atoms with Crippen molar-refractivity contribution < 1.29 is 9.90 Å². The van der Waals surface area contributed by atoms with Crippen LogP contribution in [0.4, 0.5) is 0 Å². The highest BCUT2D eigenvalue weighted by Crippen LogP contribution is 2.26. The van der Waals surface area contributed by atoms with Gasteiger partial charge in [0.05, 0.1) is 15.9 Å². The highest BCUT2D eigenvalue weighted by molar-refractivity contribution is 7.23. The number of carboxylic acid groups (broad SMARTS) is 1. The highest BCUT2D eigenvalue weighted by Gasteiger charge is 2.06. The molecular weight excluding hydrogens is 236 g/mol. The quantitative estimate of drug-likeness (QED) is 0.705. The Balaban J connectivity index is 2.17. The normalized spacial score (nSPS) is 11.8. The molecule has 5 heteroatoms. The lowest BCUT2D eigenvalue weighted by molar-refractivity contribution is -0.131. The van der Waals surface area contributed by atoms with Crippen LogP contribution in [0, 0.1) is 0 Å². The van der Waals surface area contributed by atoms with E-state index in [0.717, 1.165) is 16.6 Å². The largest absolute Gasteiger partial charge is 0.478 e. The van der Waals surface area contributed by atoms with Crippen LogP contribution in [0.5, 0.6) is 0 Å². The van der Waals surface area contributed by atoms with E-state index < -0.39 is 5.97 Å². The minimum Gasteiger partial charge on any atom is -0.478 e. The third-order valence-corrected chi connectivity index (χ3v) is 3.45. The van der Waals surface area contributed by atoms with Gasteiger partial charge in [-0.25, -0.2) is 9.78 Å². The molecule has 3 rings (SSSR count). The van der Waals surface area contributed by atoms with Crippen molar-refractivity contribution in [1.82, 2.24) is 9.38 Å². The summed E-state index contributed by atoms with van der Waals surface area (Å²) >= 11 is 1.59. The highest BCUT2D eigenvalue weighted by atomic mass is 32.1. The van der Waals surface area contributed by atoms with Crippen molar-refractivity contribution in [2.45, 2.75) is 0 Å². The maximum Gasteiger partial charge on any atom is 0.328 e. The molecule has 0 aliphatic heterocycles. The molecule has 1 N–H and O–H groups in total. The molecule has 3 aromatic rings. The number of hydrogen-bond acceptors (Lipinski definition) is 3. The Hall–Kier alpha value is -2.14. The molecule has 0 radical (unpaired) electrons. The van der Waals surface area contributed by atoms with E-state index in [1.165, 1.54) is 10.8 Å². The van der Waals surface area contributed by atoms with Crippen LogP contribution in [0.1, 0.15) is 5.69 Å². The number of carboxylic acids is 1. The molecule has 84 valence electrons. The topological polar surface area (TPSA) is 54.6 Å². The van der Waals surface area contributed by atoms with Crippen molar-refractivity contribution in [3.8, 4) is 0 Å². The smallest absolute Gasteiger partial charge is 0.328 e. The van der Waals surface area contributed by atoms with E-state index >= 15 is 0 Å². The van der Waals surface area contributed by atoms with Crippen LogP contribution in [-0.2, 0) is 4.79 Å². The average molecular weight is 244 g/mol. The summed E-state index contributed by atoms with van der Waals surface area (Å²) in [5.74, 6) is -0.966. The van der Waals surface area contributed by atoms with E-state index in [-0.39, 0.29) is 0 Å². The first-order valence-corrected chi connectivity index (χ1v) is 5.83. The summed E-state index contributed by atoms with van der Waals surface area (Å²) in [6.45, 7) is 0. The van der Waals surface area contributed by atoms with Gasteiger partial charge in [0.2, 0.25) is 0 Å². The number of imidazole rings is 1. The number of fused-ring (bicyclic) bond motifs is 3. The van der Waals surface area contributed by atoms with Gasteiger partial charge in [-0.15, -0.1) is 0 Å². The van der Waals surface area contributed by atoms with Crippen molar-refractivity contribution >= 4 is 38.6 Å². The lowest BCUT2D eigenvalue weighted by Crippen LogP contribution is -1.85. The summed E-state index contributed by atoms with van der Waals surface area (Å²) in [6.07, 6.45) is 4.43. The van der Waals surface area contributed by atoms with Crippen LogP contribution in [0.3, 0.4) is 0 Å². The minimum absolute atomic E-state index is 0.657. The molecule has 2 heterocycles. The number of thiazole rings is 1. The Morgan fingerprint density at radius 2 is 2.24 bits per heavy atom. The zero-order chi connectivity index (χ0) is 11.8. The number of nitrogens with zero attached hydrogens (tertiary/aromatic N) is 2. The van der Waals surface area contributed by atoms with Gasteiger partial charge < -0.3 is 5.11 Å². The van der Waals surface area contributed by atoms with Crippen LogP contribution in [0.2, 0.25) is 0 Å². The van der Waals surface area contributed by atoms with Gasteiger partial charge in [-0.3, -0.25) is 4.40 Å². The Bertz CT molecular complexity index is 739. The molecular formula is C12H8N2O2S.